The summed E-state index contributed by atoms with van der Waals surface area (Å²) in [5.74, 6) is -1.61. The predicted molar refractivity (Wildman–Crippen MR) is 73.0 cm³/mol. The van der Waals surface area contributed by atoms with Crippen LogP contribution >= 0.6 is 15.9 Å². The van der Waals surface area contributed by atoms with E-state index in [1.165, 1.54) is 18.2 Å². The van der Waals surface area contributed by atoms with Gasteiger partial charge in [-0.05, 0) is 48.7 Å². The Bertz CT molecular complexity index is 603. The number of aryl methyl sites for hydroxylation is 2. The van der Waals surface area contributed by atoms with Gasteiger partial charge in [0.05, 0.1) is 4.83 Å². The summed E-state index contributed by atoms with van der Waals surface area (Å²) in [6.07, 6.45) is 0. The van der Waals surface area contributed by atoms with Crippen molar-refractivity contribution in [1.82, 2.24) is 0 Å². The Balaban J connectivity index is 2.49. The molecule has 0 aromatic heterocycles. The molecule has 0 N–H and O–H groups in total. The molecule has 0 radical (unpaired) electrons. The maximum Gasteiger partial charge on any atom is 0.130 e. The molecule has 2 rings (SSSR count). The van der Waals surface area contributed by atoms with Gasteiger partial charge in [0.1, 0.15) is 17.5 Å². The Kier molecular flexibility index (Phi) is 3.99. The highest BCUT2D eigenvalue weighted by Crippen LogP contribution is 2.34. The predicted octanol–water partition coefficient (Wildman–Crippen LogP) is 5.21. The highest BCUT2D eigenvalue weighted by atomic mass is 79.9. The van der Waals surface area contributed by atoms with E-state index in [9.17, 15) is 13.2 Å². The monoisotopic (exact) mass is 328 g/mol. The Morgan fingerprint density at radius 3 is 2.21 bits per heavy atom. The first-order valence-electron chi connectivity index (χ1n) is 5.75. The van der Waals surface area contributed by atoms with Gasteiger partial charge in [0.2, 0.25) is 0 Å². The highest BCUT2D eigenvalue weighted by Gasteiger charge is 2.17. The van der Waals surface area contributed by atoms with Gasteiger partial charge in [-0.15, -0.1) is 0 Å². The molecule has 0 aliphatic rings. The number of rotatable bonds is 2. The molecule has 4 heteroatoms. The van der Waals surface area contributed by atoms with Crippen molar-refractivity contribution < 1.29 is 13.2 Å². The van der Waals surface area contributed by atoms with Gasteiger partial charge in [-0.1, -0.05) is 22.0 Å². The number of alkyl halides is 1. The lowest BCUT2D eigenvalue weighted by Gasteiger charge is -2.14. The zero-order valence-electron chi connectivity index (χ0n) is 10.5. The van der Waals surface area contributed by atoms with E-state index in [1.54, 1.807) is 19.9 Å². The first-order chi connectivity index (χ1) is 8.88. The van der Waals surface area contributed by atoms with Crippen molar-refractivity contribution in [3.05, 3.63) is 70.0 Å². The summed E-state index contributed by atoms with van der Waals surface area (Å²) in [4.78, 5) is -0.513. The molecule has 0 nitrogen and oxygen atoms in total. The first kappa shape index (κ1) is 14.1. The minimum Gasteiger partial charge on any atom is -0.207 e. The highest BCUT2D eigenvalue weighted by molar-refractivity contribution is 9.09. The topological polar surface area (TPSA) is 0 Å². The van der Waals surface area contributed by atoms with Gasteiger partial charge in [0.25, 0.3) is 0 Å². The van der Waals surface area contributed by atoms with Crippen LogP contribution in [0.3, 0.4) is 0 Å². The van der Waals surface area contributed by atoms with Crippen LogP contribution in [0.4, 0.5) is 13.2 Å². The maximum atomic E-state index is 13.8. The number of hydrogen-bond acceptors (Lipinski definition) is 0. The van der Waals surface area contributed by atoms with Gasteiger partial charge in [0.15, 0.2) is 0 Å². The van der Waals surface area contributed by atoms with Crippen LogP contribution in [0.2, 0.25) is 0 Å². The molecular formula is C15H12BrF3. The lowest BCUT2D eigenvalue weighted by molar-refractivity contribution is 0.568. The fourth-order valence-corrected chi connectivity index (χ4v) is 2.58. The van der Waals surface area contributed by atoms with Gasteiger partial charge in [-0.3, -0.25) is 0 Å². The summed E-state index contributed by atoms with van der Waals surface area (Å²) in [5.41, 5.74) is 2.00. The minimum atomic E-state index is -0.646. The summed E-state index contributed by atoms with van der Waals surface area (Å²) < 4.78 is 40.4. The molecule has 0 aliphatic carbocycles. The molecule has 0 bridgehead atoms. The molecule has 0 aliphatic heterocycles. The van der Waals surface area contributed by atoms with E-state index >= 15 is 0 Å². The summed E-state index contributed by atoms with van der Waals surface area (Å²) in [6.45, 7) is 3.33. The lowest BCUT2D eigenvalue weighted by Crippen LogP contribution is -2.00. The number of benzene rings is 2. The van der Waals surface area contributed by atoms with Gasteiger partial charge in [0, 0.05) is 11.6 Å². The minimum absolute atomic E-state index is 0.295. The van der Waals surface area contributed by atoms with E-state index in [4.69, 9.17) is 0 Å². The van der Waals surface area contributed by atoms with Crippen LogP contribution in [0.15, 0.2) is 30.3 Å². The average molecular weight is 329 g/mol. The molecule has 2 aromatic carbocycles. The first-order valence-corrected chi connectivity index (χ1v) is 6.66. The van der Waals surface area contributed by atoms with Crippen molar-refractivity contribution in [2.45, 2.75) is 18.7 Å². The molecule has 0 saturated carbocycles. The molecule has 0 amide bonds. The van der Waals surface area contributed by atoms with E-state index in [0.29, 0.717) is 16.7 Å². The Morgan fingerprint density at radius 1 is 0.895 bits per heavy atom. The molecule has 1 unspecified atom stereocenters. The summed E-state index contributed by atoms with van der Waals surface area (Å²) in [5, 5.41) is 0. The van der Waals surface area contributed by atoms with Crippen molar-refractivity contribution in [3.63, 3.8) is 0 Å². The molecule has 2 aromatic rings. The Hall–Kier alpha value is -1.29. The molecular weight excluding hydrogens is 317 g/mol. The van der Waals surface area contributed by atoms with Crippen LogP contribution in [-0.2, 0) is 0 Å². The molecule has 19 heavy (non-hydrogen) atoms. The third kappa shape index (κ3) is 3.00. The Morgan fingerprint density at radius 2 is 1.58 bits per heavy atom. The second kappa shape index (κ2) is 5.37. The van der Waals surface area contributed by atoms with Crippen molar-refractivity contribution in [2.75, 3.05) is 0 Å². The zero-order valence-corrected chi connectivity index (χ0v) is 12.1. The van der Waals surface area contributed by atoms with Crippen molar-refractivity contribution in [2.24, 2.45) is 0 Å². The van der Waals surface area contributed by atoms with Crippen molar-refractivity contribution >= 4 is 15.9 Å². The SMILES string of the molecule is Cc1cc(F)cc(C(Br)c2cc(C)c(F)cc2F)c1. The molecule has 100 valence electrons. The van der Waals surface area contributed by atoms with Crippen LogP contribution in [0.25, 0.3) is 0 Å². The maximum absolute atomic E-state index is 13.8. The molecule has 1 atom stereocenters. The van der Waals surface area contributed by atoms with Crippen LogP contribution < -0.4 is 0 Å². The Labute approximate surface area is 118 Å². The number of halogens is 4. The second-order valence-corrected chi connectivity index (χ2v) is 5.46. The molecule has 0 spiro atoms. The summed E-state index contributed by atoms with van der Waals surface area (Å²) in [7, 11) is 0. The molecule has 0 saturated heterocycles. The molecule has 0 heterocycles. The van der Waals surface area contributed by atoms with E-state index in [2.05, 4.69) is 15.9 Å². The fraction of sp³-hybridized carbons (Fsp3) is 0.200. The lowest BCUT2D eigenvalue weighted by atomic mass is 10.0. The van der Waals surface area contributed by atoms with E-state index in [-0.39, 0.29) is 5.82 Å². The van der Waals surface area contributed by atoms with Crippen molar-refractivity contribution in [3.8, 4) is 0 Å². The van der Waals surface area contributed by atoms with Crippen LogP contribution in [0.1, 0.15) is 27.1 Å². The smallest absolute Gasteiger partial charge is 0.130 e. The quantitative estimate of drug-likeness (QED) is 0.664. The van der Waals surface area contributed by atoms with Crippen LogP contribution in [0.5, 0.6) is 0 Å². The van der Waals surface area contributed by atoms with Crippen LogP contribution in [-0.4, -0.2) is 0 Å². The zero-order chi connectivity index (χ0) is 14.2. The third-order valence-electron chi connectivity index (χ3n) is 2.91. The average Bonchev–Trinajstić information content (AvgIpc) is 2.31. The second-order valence-electron chi connectivity index (χ2n) is 4.55. The largest absolute Gasteiger partial charge is 0.207 e. The van der Waals surface area contributed by atoms with Gasteiger partial charge < -0.3 is 0 Å². The van der Waals surface area contributed by atoms with Crippen LogP contribution in [0, 0.1) is 31.3 Å². The van der Waals surface area contributed by atoms with Gasteiger partial charge in [-0.25, -0.2) is 13.2 Å². The fourth-order valence-electron chi connectivity index (χ4n) is 1.96. The van der Waals surface area contributed by atoms with Crippen molar-refractivity contribution in [1.29, 1.82) is 0 Å². The van der Waals surface area contributed by atoms with E-state index in [0.717, 1.165) is 11.6 Å². The summed E-state index contributed by atoms with van der Waals surface area (Å²) in [6, 6.07) is 6.79. The summed E-state index contributed by atoms with van der Waals surface area (Å²) >= 11 is 3.34. The van der Waals surface area contributed by atoms with E-state index in [1.807, 2.05) is 0 Å². The number of hydrogen-bond donors (Lipinski definition) is 0. The van der Waals surface area contributed by atoms with Gasteiger partial charge >= 0.3 is 0 Å². The van der Waals surface area contributed by atoms with Gasteiger partial charge in [-0.2, -0.15) is 0 Å². The molecule has 0 fully saturated rings. The standard InChI is InChI=1S/C15H12BrF3/c1-8-3-10(6-11(17)4-8)15(16)12-5-9(2)13(18)7-14(12)19/h3-7,15H,1-2H3. The van der Waals surface area contributed by atoms with E-state index < -0.39 is 16.5 Å². The normalized spacial score (nSPS) is 12.5. The third-order valence-corrected chi connectivity index (χ3v) is 3.93.